The van der Waals surface area contributed by atoms with Gasteiger partial charge in [-0.25, -0.2) is 13.2 Å². The number of nitrogens with zero attached hydrogens (tertiary/aromatic N) is 1. The number of amides is 2. The first-order valence-corrected chi connectivity index (χ1v) is 7.70. The highest BCUT2D eigenvalue weighted by atomic mass is 32.2. The van der Waals surface area contributed by atoms with E-state index in [0.29, 0.717) is 9.18 Å². The van der Waals surface area contributed by atoms with E-state index < -0.39 is 16.1 Å². The highest BCUT2D eigenvalue weighted by molar-refractivity contribution is 7.93. The van der Waals surface area contributed by atoms with Crippen molar-refractivity contribution >= 4 is 33.1 Å². The van der Waals surface area contributed by atoms with E-state index in [1.54, 1.807) is 30.5 Å². The molecule has 1 aromatic heterocycles. The minimum absolute atomic E-state index is 0.0974. The van der Waals surface area contributed by atoms with Crippen LogP contribution in [0, 0.1) is 6.92 Å². The number of nitrogens with two attached hydrogens (primary N) is 1. The molecule has 0 aliphatic rings. The number of anilines is 1. The van der Waals surface area contributed by atoms with Crippen LogP contribution in [0.4, 0.5) is 10.5 Å². The van der Waals surface area contributed by atoms with Crippen LogP contribution in [0.3, 0.4) is 0 Å². The Hall–Kier alpha value is -1.86. The van der Waals surface area contributed by atoms with Gasteiger partial charge < -0.3 is 5.73 Å². The summed E-state index contributed by atoms with van der Waals surface area (Å²) < 4.78 is 25.6. The van der Waals surface area contributed by atoms with Gasteiger partial charge in [0.2, 0.25) is 0 Å². The van der Waals surface area contributed by atoms with Crippen LogP contribution in [-0.4, -0.2) is 14.4 Å². The molecule has 2 N–H and O–H groups in total. The van der Waals surface area contributed by atoms with Crippen molar-refractivity contribution in [2.24, 2.45) is 5.73 Å². The molecule has 2 rings (SSSR count). The van der Waals surface area contributed by atoms with Gasteiger partial charge in [0, 0.05) is 4.88 Å². The van der Waals surface area contributed by atoms with E-state index in [1.165, 1.54) is 29.5 Å². The summed E-state index contributed by atoms with van der Waals surface area (Å²) in [6.45, 7) is 1.68. The summed E-state index contributed by atoms with van der Waals surface area (Å²) in [5.74, 6) is 0. The molecule has 0 saturated heterocycles. The van der Waals surface area contributed by atoms with Crippen molar-refractivity contribution in [3.63, 3.8) is 0 Å². The number of hydrogen-bond donors (Lipinski definition) is 1. The molecular formula is C12H12N2O3S2. The van der Waals surface area contributed by atoms with Crippen molar-refractivity contribution < 1.29 is 13.2 Å². The monoisotopic (exact) mass is 296 g/mol. The molecule has 0 saturated carbocycles. The SMILES string of the molecule is Cc1sccc1S(=O)(=O)N(C(N)=O)c1ccccc1. The fraction of sp³-hybridized carbons (Fsp3) is 0.0833. The summed E-state index contributed by atoms with van der Waals surface area (Å²) >= 11 is 1.30. The molecular weight excluding hydrogens is 284 g/mol. The van der Waals surface area contributed by atoms with Gasteiger partial charge in [0.15, 0.2) is 0 Å². The van der Waals surface area contributed by atoms with Crippen LogP contribution in [0.15, 0.2) is 46.7 Å². The average Bonchev–Trinajstić information content (AvgIpc) is 2.77. The number of carbonyl (C=O) groups is 1. The van der Waals surface area contributed by atoms with Crippen LogP contribution in [0.25, 0.3) is 0 Å². The van der Waals surface area contributed by atoms with Crippen molar-refractivity contribution in [3.05, 3.63) is 46.7 Å². The second-order valence-electron chi connectivity index (χ2n) is 3.78. The van der Waals surface area contributed by atoms with Crippen molar-refractivity contribution in [3.8, 4) is 0 Å². The summed E-state index contributed by atoms with van der Waals surface area (Å²) in [6, 6.07) is 8.48. The molecule has 7 heteroatoms. The van der Waals surface area contributed by atoms with E-state index in [-0.39, 0.29) is 10.6 Å². The first-order valence-electron chi connectivity index (χ1n) is 5.38. The third-order valence-corrected chi connectivity index (χ3v) is 5.36. The molecule has 100 valence electrons. The molecule has 2 aromatic rings. The summed E-state index contributed by atoms with van der Waals surface area (Å²) in [7, 11) is -3.97. The Labute approximate surface area is 115 Å². The Balaban J connectivity index is 2.59. The Morgan fingerprint density at radius 2 is 1.84 bits per heavy atom. The summed E-state index contributed by atoms with van der Waals surface area (Å²) in [6.07, 6.45) is 0. The number of rotatable bonds is 3. The molecule has 2 amide bonds. The molecule has 0 spiro atoms. The number of sulfonamides is 1. The zero-order valence-corrected chi connectivity index (χ0v) is 11.7. The molecule has 0 bridgehead atoms. The predicted octanol–water partition coefficient (Wildman–Crippen LogP) is 2.33. The van der Waals surface area contributed by atoms with E-state index in [2.05, 4.69) is 0 Å². The lowest BCUT2D eigenvalue weighted by Gasteiger charge is -2.20. The van der Waals surface area contributed by atoms with Crippen LogP contribution in [-0.2, 0) is 10.0 Å². The lowest BCUT2D eigenvalue weighted by Crippen LogP contribution is -2.40. The fourth-order valence-corrected chi connectivity index (χ4v) is 4.26. The highest BCUT2D eigenvalue weighted by Crippen LogP contribution is 2.27. The molecule has 0 unspecified atom stereocenters. The van der Waals surface area contributed by atoms with E-state index in [4.69, 9.17) is 5.73 Å². The average molecular weight is 296 g/mol. The highest BCUT2D eigenvalue weighted by Gasteiger charge is 2.30. The number of hydrogen-bond acceptors (Lipinski definition) is 4. The first kappa shape index (κ1) is 13.6. The Morgan fingerprint density at radius 1 is 1.21 bits per heavy atom. The Kier molecular flexibility index (Phi) is 3.59. The zero-order valence-electron chi connectivity index (χ0n) is 10.1. The maximum Gasteiger partial charge on any atom is 0.333 e. The van der Waals surface area contributed by atoms with Crippen molar-refractivity contribution in [1.29, 1.82) is 0 Å². The maximum absolute atomic E-state index is 12.5. The van der Waals surface area contributed by atoms with Crippen LogP contribution < -0.4 is 10.0 Å². The van der Waals surface area contributed by atoms with Crippen molar-refractivity contribution in [2.45, 2.75) is 11.8 Å². The van der Waals surface area contributed by atoms with Crippen molar-refractivity contribution in [1.82, 2.24) is 0 Å². The minimum atomic E-state index is -3.97. The lowest BCUT2D eigenvalue weighted by molar-refractivity contribution is 0.257. The van der Waals surface area contributed by atoms with E-state index >= 15 is 0 Å². The van der Waals surface area contributed by atoms with Gasteiger partial charge in [-0.05, 0) is 30.5 Å². The van der Waals surface area contributed by atoms with Gasteiger partial charge in [0.05, 0.1) is 5.69 Å². The second kappa shape index (κ2) is 5.02. The number of carbonyl (C=O) groups excluding carboxylic acids is 1. The third kappa shape index (κ3) is 2.47. The number of para-hydroxylation sites is 1. The second-order valence-corrected chi connectivity index (χ2v) is 6.66. The first-order chi connectivity index (χ1) is 8.94. The quantitative estimate of drug-likeness (QED) is 0.944. The molecule has 0 radical (unpaired) electrons. The third-order valence-electron chi connectivity index (χ3n) is 2.52. The maximum atomic E-state index is 12.5. The van der Waals surface area contributed by atoms with E-state index in [1.807, 2.05) is 0 Å². The molecule has 0 aliphatic carbocycles. The van der Waals surface area contributed by atoms with Crippen LogP contribution in [0.1, 0.15) is 4.88 Å². The van der Waals surface area contributed by atoms with Gasteiger partial charge in [-0.3, -0.25) is 0 Å². The molecule has 19 heavy (non-hydrogen) atoms. The van der Waals surface area contributed by atoms with Crippen LogP contribution in [0.5, 0.6) is 0 Å². The van der Waals surface area contributed by atoms with E-state index in [9.17, 15) is 13.2 Å². The molecule has 0 fully saturated rings. The van der Waals surface area contributed by atoms with Gasteiger partial charge in [-0.1, -0.05) is 18.2 Å². The number of primary amides is 1. The van der Waals surface area contributed by atoms with Gasteiger partial charge >= 0.3 is 6.03 Å². The topological polar surface area (TPSA) is 80.5 Å². The minimum Gasteiger partial charge on any atom is -0.350 e. The number of aryl methyl sites for hydroxylation is 1. The molecule has 1 aromatic carbocycles. The zero-order chi connectivity index (χ0) is 14.0. The van der Waals surface area contributed by atoms with Crippen molar-refractivity contribution in [2.75, 3.05) is 4.31 Å². The lowest BCUT2D eigenvalue weighted by atomic mass is 10.3. The predicted molar refractivity (Wildman–Crippen MR) is 74.7 cm³/mol. The van der Waals surface area contributed by atoms with Crippen LogP contribution >= 0.6 is 11.3 Å². The normalized spacial score (nSPS) is 11.2. The van der Waals surface area contributed by atoms with E-state index in [0.717, 1.165) is 0 Å². The smallest absolute Gasteiger partial charge is 0.333 e. The molecule has 5 nitrogen and oxygen atoms in total. The molecule has 1 heterocycles. The molecule has 0 atom stereocenters. The summed E-state index contributed by atoms with van der Waals surface area (Å²) in [5, 5.41) is 1.66. The van der Waals surface area contributed by atoms with Crippen LogP contribution in [0.2, 0.25) is 0 Å². The standard InChI is InChI=1S/C12H12N2O3S2/c1-9-11(7-8-18-9)19(16,17)14(12(13)15)10-5-3-2-4-6-10/h2-8H,1H3,(H2,13,15). The van der Waals surface area contributed by atoms with Gasteiger partial charge in [-0.2, -0.15) is 4.31 Å². The Bertz CT molecular complexity index is 693. The largest absolute Gasteiger partial charge is 0.350 e. The van der Waals surface area contributed by atoms with Gasteiger partial charge in [0.1, 0.15) is 4.90 Å². The molecule has 0 aliphatic heterocycles. The van der Waals surface area contributed by atoms with Gasteiger partial charge in [-0.15, -0.1) is 11.3 Å². The number of urea groups is 1. The number of benzene rings is 1. The summed E-state index contributed by atoms with van der Waals surface area (Å²) in [5.41, 5.74) is 5.45. The Morgan fingerprint density at radius 3 is 2.32 bits per heavy atom. The fourth-order valence-electron chi connectivity index (χ4n) is 1.69. The van der Waals surface area contributed by atoms with Gasteiger partial charge in [0.25, 0.3) is 10.0 Å². The summed E-state index contributed by atoms with van der Waals surface area (Å²) in [4.78, 5) is 12.2. The number of thiophene rings is 1.